The highest BCUT2D eigenvalue weighted by Crippen LogP contribution is 2.35. The number of carbonyl (C=O) groups is 1. The molecule has 0 bridgehead atoms. The molecule has 0 radical (unpaired) electrons. The number of nitrogens with zero attached hydrogens (tertiary/aromatic N) is 2. The second kappa shape index (κ2) is 12.0. The topological polar surface area (TPSA) is 114 Å². The number of nitro groups is 1. The Morgan fingerprint density at radius 3 is 2.40 bits per heavy atom. The Kier molecular flexibility index (Phi) is 8.84. The maximum absolute atomic E-state index is 12.5. The van der Waals surface area contributed by atoms with E-state index in [1.807, 2.05) is 18.2 Å². The van der Waals surface area contributed by atoms with Crippen LogP contribution in [0.15, 0.2) is 70.7 Å². The molecule has 3 aromatic carbocycles. The van der Waals surface area contributed by atoms with Gasteiger partial charge in [-0.05, 0) is 75.1 Å². The van der Waals surface area contributed by atoms with Gasteiger partial charge in [0.25, 0.3) is 11.6 Å². The lowest BCUT2D eigenvalue weighted by molar-refractivity contribution is -0.384. The highest BCUT2D eigenvalue weighted by molar-refractivity contribution is 9.10. The van der Waals surface area contributed by atoms with Gasteiger partial charge < -0.3 is 14.8 Å². The first kappa shape index (κ1) is 25.7. The van der Waals surface area contributed by atoms with Crippen molar-refractivity contribution in [1.82, 2.24) is 5.32 Å². The van der Waals surface area contributed by atoms with Gasteiger partial charge in [0.05, 0.1) is 21.5 Å². The van der Waals surface area contributed by atoms with Gasteiger partial charge >= 0.3 is 0 Å². The Hall–Kier alpha value is -3.87. The first-order chi connectivity index (χ1) is 16.8. The molecule has 3 aromatic rings. The fraction of sp³-hybridized carbons (Fsp3) is 0.120. The van der Waals surface area contributed by atoms with Gasteiger partial charge in [0, 0.05) is 18.7 Å². The van der Waals surface area contributed by atoms with Gasteiger partial charge in [-0.2, -0.15) is 5.26 Å². The molecule has 0 aromatic heterocycles. The Balaban J connectivity index is 1.67. The van der Waals surface area contributed by atoms with Crippen LogP contribution in [0.1, 0.15) is 16.7 Å². The normalized spacial score (nSPS) is 10.9. The molecule has 1 N–H and O–H groups in total. The van der Waals surface area contributed by atoms with Crippen molar-refractivity contribution in [1.29, 1.82) is 5.26 Å². The molecule has 8 nitrogen and oxygen atoms in total. The second-order valence-corrected chi connectivity index (χ2v) is 8.49. The van der Waals surface area contributed by atoms with Gasteiger partial charge in [0.15, 0.2) is 5.75 Å². The van der Waals surface area contributed by atoms with E-state index >= 15 is 0 Å². The number of carbonyl (C=O) groups excluding carboxylic acids is 1. The van der Waals surface area contributed by atoms with E-state index in [9.17, 15) is 20.2 Å². The van der Waals surface area contributed by atoms with Crippen LogP contribution in [0, 0.1) is 21.4 Å². The molecule has 0 fully saturated rings. The molecular weight excluding hydrogens is 538 g/mol. The van der Waals surface area contributed by atoms with E-state index in [0.29, 0.717) is 21.5 Å². The Labute approximate surface area is 215 Å². The maximum Gasteiger partial charge on any atom is 0.269 e. The van der Waals surface area contributed by atoms with Crippen LogP contribution in [0.2, 0.25) is 5.02 Å². The van der Waals surface area contributed by atoms with Gasteiger partial charge in [-0.3, -0.25) is 14.9 Å². The van der Waals surface area contributed by atoms with Crippen LogP contribution in [0.5, 0.6) is 11.5 Å². The minimum atomic E-state index is -0.519. The third kappa shape index (κ3) is 7.06. The first-order valence-corrected chi connectivity index (χ1v) is 11.4. The summed E-state index contributed by atoms with van der Waals surface area (Å²) >= 11 is 9.77. The van der Waals surface area contributed by atoms with E-state index in [1.54, 1.807) is 43.5 Å². The predicted octanol–water partition coefficient (Wildman–Crippen LogP) is 5.82. The lowest BCUT2D eigenvalue weighted by atomic mass is 10.1. The molecule has 0 unspecified atom stereocenters. The van der Waals surface area contributed by atoms with Crippen molar-refractivity contribution in [2.75, 3.05) is 7.11 Å². The van der Waals surface area contributed by atoms with Crippen molar-refractivity contribution in [2.24, 2.45) is 0 Å². The number of rotatable bonds is 9. The number of hydrogen-bond acceptors (Lipinski definition) is 6. The molecule has 0 atom stereocenters. The summed E-state index contributed by atoms with van der Waals surface area (Å²) in [6.45, 7) is 0.393. The molecule has 0 aliphatic carbocycles. The molecule has 0 heterocycles. The monoisotopic (exact) mass is 555 g/mol. The van der Waals surface area contributed by atoms with E-state index < -0.39 is 10.8 Å². The number of hydrogen-bond donors (Lipinski definition) is 1. The summed E-state index contributed by atoms with van der Waals surface area (Å²) in [5.41, 5.74) is 2.02. The average Bonchev–Trinajstić information content (AvgIpc) is 2.85. The average molecular weight is 557 g/mol. The minimum Gasteiger partial charge on any atom is -0.497 e. The molecule has 35 heavy (non-hydrogen) atoms. The van der Waals surface area contributed by atoms with Gasteiger partial charge in [0.1, 0.15) is 24.0 Å². The largest absolute Gasteiger partial charge is 0.497 e. The van der Waals surface area contributed by atoms with Crippen molar-refractivity contribution in [3.05, 3.63) is 103 Å². The quantitative estimate of drug-likeness (QED) is 0.154. The molecule has 0 aliphatic heterocycles. The van der Waals surface area contributed by atoms with E-state index in [0.717, 1.165) is 11.1 Å². The third-order valence-electron chi connectivity index (χ3n) is 4.84. The minimum absolute atomic E-state index is 0.00886. The number of nitro benzene ring substituents is 1. The molecule has 0 saturated heterocycles. The number of nitriles is 1. The lowest BCUT2D eigenvalue weighted by Crippen LogP contribution is -2.23. The van der Waals surface area contributed by atoms with Gasteiger partial charge in [-0.25, -0.2) is 0 Å². The molecule has 0 aliphatic rings. The van der Waals surface area contributed by atoms with E-state index in [1.165, 1.54) is 18.2 Å². The van der Waals surface area contributed by atoms with E-state index in [-0.39, 0.29) is 29.4 Å². The van der Waals surface area contributed by atoms with Crippen LogP contribution in [0.4, 0.5) is 5.69 Å². The van der Waals surface area contributed by atoms with Crippen LogP contribution in [0.25, 0.3) is 6.08 Å². The number of amides is 1. The highest BCUT2D eigenvalue weighted by Gasteiger charge is 2.13. The lowest BCUT2D eigenvalue weighted by Gasteiger charge is -2.11. The van der Waals surface area contributed by atoms with Crippen LogP contribution in [0.3, 0.4) is 0 Å². The van der Waals surface area contributed by atoms with Crippen LogP contribution in [-0.2, 0) is 17.9 Å². The van der Waals surface area contributed by atoms with Crippen molar-refractivity contribution in [3.63, 3.8) is 0 Å². The number of nitrogens with one attached hydrogen (secondary N) is 1. The molecule has 0 saturated carbocycles. The third-order valence-corrected chi connectivity index (χ3v) is 5.71. The van der Waals surface area contributed by atoms with Gasteiger partial charge in [0.2, 0.25) is 0 Å². The molecular formula is C25H19BrClN3O5. The fourth-order valence-electron chi connectivity index (χ4n) is 3.01. The standard InChI is InChI=1S/C25H19BrClN3O5/c1-34-21-8-4-16(5-9-21)14-29-25(31)19(13-28)10-18-11-22(26)24(23(27)12-18)35-15-17-2-6-20(7-3-17)30(32)33/h2-12H,14-15H2,1H3,(H,29,31)/b19-10-. The summed E-state index contributed by atoms with van der Waals surface area (Å²) in [5.74, 6) is 0.555. The smallest absolute Gasteiger partial charge is 0.269 e. The van der Waals surface area contributed by atoms with E-state index in [2.05, 4.69) is 21.2 Å². The highest BCUT2D eigenvalue weighted by atomic mass is 79.9. The Morgan fingerprint density at radius 1 is 1.17 bits per heavy atom. The zero-order valence-electron chi connectivity index (χ0n) is 18.5. The molecule has 1 amide bonds. The van der Waals surface area contributed by atoms with Crippen molar-refractivity contribution < 1.29 is 19.2 Å². The molecule has 10 heteroatoms. The predicted molar refractivity (Wildman–Crippen MR) is 135 cm³/mol. The second-order valence-electron chi connectivity index (χ2n) is 7.23. The van der Waals surface area contributed by atoms with Crippen LogP contribution in [-0.4, -0.2) is 17.9 Å². The van der Waals surface area contributed by atoms with Crippen molar-refractivity contribution in [3.8, 4) is 17.6 Å². The van der Waals surface area contributed by atoms with Crippen LogP contribution < -0.4 is 14.8 Å². The number of benzene rings is 3. The number of methoxy groups -OCH3 is 1. The number of ether oxygens (including phenoxy) is 2. The fourth-order valence-corrected chi connectivity index (χ4v) is 4.00. The van der Waals surface area contributed by atoms with Crippen molar-refractivity contribution in [2.45, 2.75) is 13.2 Å². The zero-order valence-corrected chi connectivity index (χ0v) is 20.8. The SMILES string of the molecule is COc1ccc(CNC(=O)/C(C#N)=C\c2cc(Cl)c(OCc3ccc([N+](=O)[O-])cc3)c(Br)c2)cc1. The summed E-state index contributed by atoms with van der Waals surface area (Å²) < 4.78 is 11.4. The van der Waals surface area contributed by atoms with Crippen molar-refractivity contribution >= 4 is 45.2 Å². The first-order valence-electron chi connectivity index (χ1n) is 10.2. The molecule has 0 spiro atoms. The number of non-ortho nitro benzene ring substituents is 1. The summed E-state index contributed by atoms with van der Waals surface area (Å²) in [5, 5.41) is 23.2. The van der Waals surface area contributed by atoms with Gasteiger partial charge in [-0.1, -0.05) is 23.7 Å². The summed E-state index contributed by atoms with van der Waals surface area (Å²) in [7, 11) is 1.57. The number of halogens is 2. The molecule has 178 valence electrons. The van der Waals surface area contributed by atoms with Crippen LogP contribution >= 0.6 is 27.5 Å². The molecule has 3 rings (SSSR count). The summed E-state index contributed by atoms with van der Waals surface area (Å²) in [6.07, 6.45) is 1.43. The summed E-state index contributed by atoms with van der Waals surface area (Å²) in [4.78, 5) is 22.8. The van der Waals surface area contributed by atoms with E-state index in [4.69, 9.17) is 21.1 Å². The zero-order chi connectivity index (χ0) is 25.4. The Bertz CT molecular complexity index is 1280. The van der Waals surface area contributed by atoms with Gasteiger partial charge in [-0.15, -0.1) is 0 Å². The summed E-state index contributed by atoms with van der Waals surface area (Å²) in [6, 6.07) is 18.4. The Morgan fingerprint density at radius 2 is 1.83 bits per heavy atom. The maximum atomic E-state index is 12.5.